The Morgan fingerprint density at radius 2 is 1.32 bits per heavy atom. The lowest BCUT2D eigenvalue weighted by Gasteiger charge is -2.26. The molecule has 1 heteroatoms. The molecule has 0 aliphatic carbocycles. The summed E-state index contributed by atoms with van der Waals surface area (Å²) >= 11 is 0. The summed E-state index contributed by atoms with van der Waals surface area (Å²) in [5.41, 5.74) is 6.43. The molecule has 0 unspecified atom stereocenters. The molecular weight excluding hydrogens is 302 g/mol. The van der Waals surface area contributed by atoms with E-state index in [0.717, 1.165) is 0 Å². The average molecular weight is 330 g/mol. The predicted octanol–water partition coefficient (Wildman–Crippen LogP) is 6.01. The number of benzene rings is 2. The second-order valence-electron chi connectivity index (χ2n) is 7.67. The topological polar surface area (TPSA) is 3.88 Å². The minimum Gasteiger partial charge on any atom is -0.193 e. The average Bonchev–Trinajstić information content (AvgIpc) is 2.62. The van der Waals surface area contributed by atoms with Crippen LogP contribution in [0.1, 0.15) is 33.3 Å². The van der Waals surface area contributed by atoms with Gasteiger partial charge >= 0.3 is 0 Å². The highest BCUT2D eigenvalue weighted by Crippen LogP contribution is 2.29. The molecule has 0 saturated heterocycles. The van der Waals surface area contributed by atoms with Gasteiger partial charge in [-0.1, -0.05) is 62.4 Å². The SMILES string of the molecule is Cc1cc(-c2ccccc2)[n+](C(C)(C)C(C)C)cc1-c1ccccc1. The molecule has 0 fully saturated rings. The van der Waals surface area contributed by atoms with Gasteiger partial charge in [0.2, 0.25) is 5.69 Å². The minimum absolute atomic E-state index is 0.0163. The highest BCUT2D eigenvalue weighted by molar-refractivity contribution is 5.68. The molecule has 0 amide bonds. The Bertz CT molecular complexity index is 846. The molecule has 128 valence electrons. The maximum absolute atomic E-state index is 2.46. The van der Waals surface area contributed by atoms with E-state index in [9.17, 15) is 0 Å². The van der Waals surface area contributed by atoms with Gasteiger partial charge in [0.15, 0.2) is 11.7 Å². The quantitative estimate of drug-likeness (QED) is 0.516. The van der Waals surface area contributed by atoms with Crippen LogP contribution in [0.4, 0.5) is 0 Å². The fourth-order valence-corrected chi connectivity index (χ4v) is 3.16. The first-order chi connectivity index (χ1) is 11.9. The molecule has 0 bridgehead atoms. The summed E-state index contributed by atoms with van der Waals surface area (Å²) in [7, 11) is 0. The maximum atomic E-state index is 2.46. The molecule has 1 nitrogen and oxygen atoms in total. The van der Waals surface area contributed by atoms with Gasteiger partial charge in [0.1, 0.15) is 0 Å². The van der Waals surface area contributed by atoms with Crippen molar-refractivity contribution in [3.8, 4) is 22.4 Å². The zero-order chi connectivity index (χ0) is 18.0. The van der Waals surface area contributed by atoms with Gasteiger partial charge in [-0.3, -0.25) is 0 Å². The van der Waals surface area contributed by atoms with Gasteiger partial charge in [-0.25, -0.2) is 0 Å². The maximum Gasteiger partial charge on any atom is 0.213 e. The molecule has 0 atom stereocenters. The van der Waals surface area contributed by atoms with E-state index in [2.05, 4.69) is 112 Å². The van der Waals surface area contributed by atoms with Crippen LogP contribution in [0.2, 0.25) is 0 Å². The molecule has 3 aromatic rings. The molecule has 0 aliphatic rings. The number of pyridine rings is 1. The van der Waals surface area contributed by atoms with Gasteiger partial charge in [-0.2, -0.15) is 4.57 Å². The van der Waals surface area contributed by atoms with Gasteiger partial charge in [0.05, 0.1) is 0 Å². The summed E-state index contributed by atoms with van der Waals surface area (Å²) in [5.74, 6) is 0.520. The van der Waals surface area contributed by atoms with Crippen molar-refractivity contribution in [2.24, 2.45) is 5.92 Å². The van der Waals surface area contributed by atoms with Crippen LogP contribution >= 0.6 is 0 Å². The predicted molar refractivity (Wildman–Crippen MR) is 106 cm³/mol. The number of hydrogen-bond acceptors (Lipinski definition) is 0. The van der Waals surface area contributed by atoms with E-state index in [1.165, 1.54) is 27.9 Å². The third-order valence-corrected chi connectivity index (χ3v) is 5.48. The summed E-state index contributed by atoms with van der Waals surface area (Å²) in [5, 5.41) is 0. The lowest BCUT2D eigenvalue weighted by atomic mass is 9.88. The van der Waals surface area contributed by atoms with Crippen molar-refractivity contribution in [2.45, 2.75) is 40.2 Å². The molecule has 0 N–H and O–H groups in total. The number of aromatic nitrogens is 1. The Morgan fingerprint density at radius 3 is 1.84 bits per heavy atom. The van der Waals surface area contributed by atoms with Crippen molar-refractivity contribution in [1.82, 2.24) is 0 Å². The number of rotatable bonds is 4. The van der Waals surface area contributed by atoms with Crippen molar-refractivity contribution >= 4 is 0 Å². The van der Waals surface area contributed by atoms with Crippen molar-refractivity contribution < 1.29 is 4.57 Å². The molecular formula is C24H28N+. The molecule has 2 aromatic carbocycles. The van der Waals surface area contributed by atoms with Crippen LogP contribution in [0.3, 0.4) is 0 Å². The van der Waals surface area contributed by atoms with Crippen molar-refractivity contribution in [3.05, 3.63) is 78.5 Å². The van der Waals surface area contributed by atoms with Gasteiger partial charge in [-0.05, 0) is 30.2 Å². The Labute approximate surface area is 152 Å². The second kappa shape index (κ2) is 6.84. The van der Waals surface area contributed by atoms with Gasteiger partial charge < -0.3 is 0 Å². The van der Waals surface area contributed by atoms with Crippen molar-refractivity contribution in [1.29, 1.82) is 0 Å². The van der Waals surface area contributed by atoms with Crippen LogP contribution in [0, 0.1) is 12.8 Å². The monoisotopic (exact) mass is 330 g/mol. The highest BCUT2D eigenvalue weighted by Gasteiger charge is 2.36. The minimum atomic E-state index is 0.0163. The van der Waals surface area contributed by atoms with Crippen LogP contribution in [-0.4, -0.2) is 0 Å². The molecule has 0 aliphatic heterocycles. The number of hydrogen-bond donors (Lipinski definition) is 0. The summed E-state index contributed by atoms with van der Waals surface area (Å²) in [4.78, 5) is 0. The van der Waals surface area contributed by atoms with E-state index in [4.69, 9.17) is 0 Å². The normalized spacial score (nSPS) is 11.8. The van der Waals surface area contributed by atoms with Crippen LogP contribution < -0.4 is 4.57 Å². The third kappa shape index (κ3) is 3.37. The fourth-order valence-electron chi connectivity index (χ4n) is 3.16. The number of nitrogens with zero attached hydrogens (tertiary/aromatic N) is 1. The Balaban J connectivity index is 2.28. The Kier molecular flexibility index (Phi) is 4.76. The standard InChI is InChI=1S/C24H28N/c1-18(2)24(4,5)25-17-22(20-12-8-6-9-13-20)19(3)16-23(25)21-14-10-7-11-15-21/h6-18H,1-5H3/q+1. The van der Waals surface area contributed by atoms with Crippen molar-refractivity contribution in [2.75, 3.05) is 0 Å². The number of aryl methyl sites for hydroxylation is 1. The first-order valence-electron chi connectivity index (χ1n) is 9.09. The summed E-state index contributed by atoms with van der Waals surface area (Å²) in [6, 6.07) is 23.7. The zero-order valence-corrected chi connectivity index (χ0v) is 16.0. The first-order valence-corrected chi connectivity index (χ1v) is 9.09. The third-order valence-electron chi connectivity index (χ3n) is 5.48. The Hall–Kier alpha value is -2.41. The van der Waals surface area contributed by atoms with Crippen molar-refractivity contribution in [3.63, 3.8) is 0 Å². The largest absolute Gasteiger partial charge is 0.213 e. The van der Waals surface area contributed by atoms with Crippen LogP contribution in [0.25, 0.3) is 22.4 Å². The van der Waals surface area contributed by atoms with E-state index in [1.54, 1.807) is 0 Å². The van der Waals surface area contributed by atoms with E-state index in [1.807, 2.05) is 0 Å². The van der Waals surface area contributed by atoms with E-state index in [-0.39, 0.29) is 5.54 Å². The van der Waals surface area contributed by atoms with Crippen LogP contribution in [-0.2, 0) is 5.54 Å². The lowest BCUT2D eigenvalue weighted by molar-refractivity contribution is -0.754. The first kappa shape index (κ1) is 17.4. The molecule has 0 spiro atoms. The molecule has 0 radical (unpaired) electrons. The van der Waals surface area contributed by atoms with E-state index < -0.39 is 0 Å². The molecule has 25 heavy (non-hydrogen) atoms. The highest BCUT2D eigenvalue weighted by atomic mass is 15.0. The summed E-state index contributed by atoms with van der Waals surface area (Å²) in [6.45, 7) is 11.5. The fraction of sp³-hybridized carbons (Fsp3) is 0.292. The molecule has 1 aromatic heterocycles. The molecule has 3 rings (SSSR count). The van der Waals surface area contributed by atoms with Crippen LogP contribution in [0.5, 0.6) is 0 Å². The smallest absolute Gasteiger partial charge is 0.193 e. The van der Waals surface area contributed by atoms with Gasteiger partial charge in [0, 0.05) is 37.0 Å². The molecule has 0 saturated carbocycles. The van der Waals surface area contributed by atoms with E-state index >= 15 is 0 Å². The zero-order valence-electron chi connectivity index (χ0n) is 16.0. The summed E-state index contributed by atoms with van der Waals surface area (Å²) < 4.78 is 2.46. The Morgan fingerprint density at radius 1 is 0.800 bits per heavy atom. The van der Waals surface area contributed by atoms with Crippen LogP contribution in [0.15, 0.2) is 72.9 Å². The summed E-state index contributed by atoms with van der Waals surface area (Å²) in [6.07, 6.45) is 2.34. The lowest BCUT2D eigenvalue weighted by Crippen LogP contribution is -2.56. The van der Waals surface area contributed by atoms with Gasteiger partial charge in [-0.15, -0.1) is 0 Å². The van der Waals surface area contributed by atoms with E-state index in [0.29, 0.717) is 5.92 Å². The van der Waals surface area contributed by atoms with Gasteiger partial charge in [0.25, 0.3) is 0 Å². The second-order valence-corrected chi connectivity index (χ2v) is 7.67. The molecule has 1 heterocycles.